The van der Waals surface area contributed by atoms with Crippen LogP contribution in [-0.4, -0.2) is 25.6 Å². The number of carbonyl (C=O) groups is 2. The summed E-state index contributed by atoms with van der Waals surface area (Å²) in [6.07, 6.45) is 4.18. The molecule has 138 valence electrons. The summed E-state index contributed by atoms with van der Waals surface area (Å²) in [5.41, 5.74) is 2.40. The van der Waals surface area contributed by atoms with Crippen molar-refractivity contribution in [1.82, 2.24) is 0 Å². The van der Waals surface area contributed by atoms with Gasteiger partial charge < -0.3 is 14.8 Å². The van der Waals surface area contributed by atoms with Crippen LogP contribution in [0.15, 0.2) is 24.3 Å². The molecule has 1 aromatic heterocycles. The van der Waals surface area contributed by atoms with Crippen LogP contribution in [0.2, 0.25) is 0 Å². The number of amides is 1. The van der Waals surface area contributed by atoms with Crippen molar-refractivity contribution in [2.75, 3.05) is 19.0 Å². The first kappa shape index (κ1) is 18.5. The zero-order valence-corrected chi connectivity index (χ0v) is 15.9. The standard InChI is InChI=1S/C20H23NO4S/c1-3-25-20(23)18-14-9-5-7-11-16(14)26-19(18)21-17(22)12-13-8-4-6-10-15(13)24-2/h4,6,8,10H,3,5,7,9,11-12H2,1-2H3,(H,21,22). The van der Waals surface area contributed by atoms with E-state index < -0.39 is 0 Å². The van der Waals surface area contributed by atoms with Crippen molar-refractivity contribution >= 4 is 28.2 Å². The minimum atomic E-state index is -0.348. The van der Waals surface area contributed by atoms with Gasteiger partial charge in [-0.05, 0) is 44.2 Å². The molecule has 0 saturated heterocycles. The number of aryl methyl sites for hydroxylation is 1. The number of thiophene rings is 1. The van der Waals surface area contributed by atoms with Crippen molar-refractivity contribution < 1.29 is 19.1 Å². The molecule has 1 aromatic carbocycles. The number of methoxy groups -OCH3 is 1. The van der Waals surface area contributed by atoms with Crippen molar-refractivity contribution in [3.8, 4) is 5.75 Å². The van der Waals surface area contributed by atoms with Crippen LogP contribution in [0.25, 0.3) is 0 Å². The molecular weight excluding hydrogens is 350 g/mol. The first-order valence-corrected chi connectivity index (χ1v) is 9.69. The smallest absolute Gasteiger partial charge is 0.341 e. The fourth-order valence-corrected chi connectivity index (χ4v) is 4.56. The number of hydrogen-bond acceptors (Lipinski definition) is 5. The molecule has 0 radical (unpaired) electrons. The molecular formula is C20H23NO4S. The Balaban J connectivity index is 1.83. The Morgan fingerprint density at radius 1 is 1.19 bits per heavy atom. The van der Waals surface area contributed by atoms with E-state index in [2.05, 4.69) is 5.32 Å². The third kappa shape index (κ3) is 3.90. The molecule has 3 rings (SSSR count). The molecule has 0 bridgehead atoms. The maximum absolute atomic E-state index is 12.6. The van der Waals surface area contributed by atoms with Crippen LogP contribution in [0.3, 0.4) is 0 Å². The molecule has 2 aromatic rings. The first-order chi connectivity index (χ1) is 12.6. The van der Waals surface area contributed by atoms with Crippen LogP contribution in [-0.2, 0) is 28.8 Å². The average Bonchev–Trinajstić information content (AvgIpc) is 3.00. The number of nitrogens with one attached hydrogen (secondary N) is 1. The van der Waals surface area contributed by atoms with Crippen LogP contribution in [0.4, 0.5) is 5.00 Å². The average molecular weight is 373 g/mol. The third-order valence-electron chi connectivity index (χ3n) is 4.45. The van der Waals surface area contributed by atoms with Crippen LogP contribution >= 0.6 is 11.3 Å². The summed E-state index contributed by atoms with van der Waals surface area (Å²) in [4.78, 5) is 26.2. The van der Waals surface area contributed by atoms with Gasteiger partial charge in [-0.2, -0.15) is 0 Å². The molecule has 1 aliphatic carbocycles. The second kappa shape index (κ2) is 8.36. The first-order valence-electron chi connectivity index (χ1n) is 8.87. The van der Waals surface area contributed by atoms with Crippen molar-refractivity contribution in [3.63, 3.8) is 0 Å². The van der Waals surface area contributed by atoms with Gasteiger partial charge in [0.15, 0.2) is 0 Å². The highest BCUT2D eigenvalue weighted by Gasteiger charge is 2.27. The predicted molar refractivity (Wildman–Crippen MR) is 102 cm³/mol. The Labute approximate surface area is 157 Å². The van der Waals surface area contributed by atoms with Crippen LogP contribution < -0.4 is 10.1 Å². The van der Waals surface area contributed by atoms with E-state index in [9.17, 15) is 9.59 Å². The normalized spacial score (nSPS) is 13.0. The summed E-state index contributed by atoms with van der Waals surface area (Å²) in [6.45, 7) is 2.11. The van der Waals surface area contributed by atoms with Crippen LogP contribution in [0, 0.1) is 0 Å². The van der Waals surface area contributed by atoms with E-state index >= 15 is 0 Å². The number of carbonyl (C=O) groups excluding carboxylic acids is 2. The fraction of sp³-hybridized carbons (Fsp3) is 0.400. The van der Waals surface area contributed by atoms with Gasteiger partial charge in [-0.25, -0.2) is 4.79 Å². The Bertz CT molecular complexity index is 812. The van der Waals surface area contributed by atoms with Gasteiger partial charge in [-0.15, -0.1) is 11.3 Å². The maximum Gasteiger partial charge on any atom is 0.341 e. The number of esters is 1. The summed E-state index contributed by atoms with van der Waals surface area (Å²) in [5, 5.41) is 3.54. The van der Waals surface area contributed by atoms with E-state index in [1.54, 1.807) is 14.0 Å². The molecule has 0 spiro atoms. The number of para-hydroxylation sites is 1. The lowest BCUT2D eigenvalue weighted by molar-refractivity contribution is -0.115. The molecule has 1 heterocycles. The molecule has 1 N–H and O–H groups in total. The molecule has 5 nitrogen and oxygen atoms in total. The lowest BCUT2D eigenvalue weighted by atomic mass is 9.95. The van der Waals surface area contributed by atoms with E-state index in [0.717, 1.165) is 36.8 Å². The van der Waals surface area contributed by atoms with Crippen molar-refractivity contribution in [2.24, 2.45) is 0 Å². The van der Waals surface area contributed by atoms with E-state index in [1.165, 1.54) is 16.2 Å². The van der Waals surface area contributed by atoms with Gasteiger partial charge in [0.25, 0.3) is 0 Å². The fourth-order valence-electron chi connectivity index (χ4n) is 3.27. The van der Waals surface area contributed by atoms with Gasteiger partial charge in [0.1, 0.15) is 10.8 Å². The second-order valence-electron chi connectivity index (χ2n) is 6.17. The van der Waals surface area contributed by atoms with Crippen molar-refractivity contribution in [2.45, 2.75) is 39.0 Å². The highest BCUT2D eigenvalue weighted by atomic mass is 32.1. The zero-order valence-electron chi connectivity index (χ0n) is 15.1. The largest absolute Gasteiger partial charge is 0.496 e. The lowest BCUT2D eigenvalue weighted by Crippen LogP contribution is -2.17. The monoisotopic (exact) mass is 373 g/mol. The van der Waals surface area contributed by atoms with E-state index in [-0.39, 0.29) is 18.3 Å². The van der Waals surface area contributed by atoms with Crippen molar-refractivity contribution in [3.05, 3.63) is 45.8 Å². The van der Waals surface area contributed by atoms with Gasteiger partial charge in [0.2, 0.25) is 5.91 Å². The SMILES string of the molecule is CCOC(=O)c1c(NC(=O)Cc2ccccc2OC)sc2c1CCCC2. The summed E-state index contributed by atoms with van der Waals surface area (Å²) in [7, 11) is 1.59. The zero-order chi connectivity index (χ0) is 18.5. The van der Waals surface area contributed by atoms with Gasteiger partial charge >= 0.3 is 5.97 Å². The summed E-state index contributed by atoms with van der Waals surface area (Å²) in [5.74, 6) is 0.164. The Hall–Kier alpha value is -2.34. The molecule has 0 fully saturated rings. The van der Waals surface area contributed by atoms with E-state index in [0.29, 0.717) is 22.9 Å². The van der Waals surface area contributed by atoms with E-state index in [4.69, 9.17) is 9.47 Å². The van der Waals surface area contributed by atoms with Crippen molar-refractivity contribution in [1.29, 1.82) is 0 Å². The lowest BCUT2D eigenvalue weighted by Gasteiger charge is -2.12. The Morgan fingerprint density at radius 2 is 1.96 bits per heavy atom. The summed E-state index contributed by atoms with van der Waals surface area (Å²) >= 11 is 1.50. The van der Waals surface area contributed by atoms with Gasteiger partial charge in [0.05, 0.1) is 25.7 Å². The minimum absolute atomic E-state index is 0.168. The number of hydrogen-bond donors (Lipinski definition) is 1. The molecule has 6 heteroatoms. The highest BCUT2D eigenvalue weighted by Crippen LogP contribution is 2.38. The second-order valence-corrected chi connectivity index (χ2v) is 7.28. The topological polar surface area (TPSA) is 64.6 Å². The number of ether oxygens (including phenoxy) is 2. The van der Waals surface area contributed by atoms with Crippen LogP contribution in [0.1, 0.15) is 46.1 Å². The van der Waals surface area contributed by atoms with Gasteiger partial charge in [-0.1, -0.05) is 18.2 Å². The molecule has 1 amide bonds. The number of anilines is 1. The Morgan fingerprint density at radius 3 is 2.73 bits per heavy atom. The molecule has 0 atom stereocenters. The Kier molecular flexibility index (Phi) is 5.93. The highest BCUT2D eigenvalue weighted by molar-refractivity contribution is 7.17. The number of fused-ring (bicyclic) bond motifs is 1. The molecule has 0 unspecified atom stereocenters. The predicted octanol–water partition coefficient (Wildman–Crippen LogP) is 3.99. The minimum Gasteiger partial charge on any atom is -0.496 e. The molecule has 26 heavy (non-hydrogen) atoms. The van der Waals surface area contributed by atoms with E-state index in [1.807, 2.05) is 24.3 Å². The number of benzene rings is 1. The van der Waals surface area contributed by atoms with Gasteiger partial charge in [-0.3, -0.25) is 4.79 Å². The summed E-state index contributed by atoms with van der Waals surface area (Å²) < 4.78 is 10.5. The molecule has 0 aliphatic heterocycles. The van der Waals surface area contributed by atoms with Gasteiger partial charge in [0, 0.05) is 10.4 Å². The third-order valence-corrected chi connectivity index (χ3v) is 5.65. The summed E-state index contributed by atoms with van der Waals surface area (Å²) in [6, 6.07) is 7.44. The molecule has 1 aliphatic rings. The molecule has 0 saturated carbocycles. The van der Waals surface area contributed by atoms with Crippen LogP contribution in [0.5, 0.6) is 5.75 Å². The maximum atomic E-state index is 12.6. The number of rotatable bonds is 6. The quantitative estimate of drug-likeness (QED) is 0.778.